The fourth-order valence-electron chi connectivity index (χ4n) is 13.2. The van der Waals surface area contributed by atoms with E-state index in [1.54, 1.807) is 6.92 Å². The van der Waals surface area contributed by atoms with Gasteiger partial charge in [-0.25, -0.2) is 19.6 Å². The van der Waals surface area contributed by atoms with Crippen LogP contribution in [0.15, 0.2) is 36.5 Å². The van der Waals surface area contributed by atoms with Crippen LogP contribution < -0.4 is 15.4 Å². The number of amides is 4. The van der Waals surface area contributed by atoms with Gasteiger partial charge in [-0.15, -0.1) is 0 Å². The summed E-state index contributed by atoms with van der Waals surface area (Å²) in [4.78, 5) is 76.6. The van der Waals surface area contributed by atoms with E-state index in [1.807, 2.05) is 43.7 Å². The van der Waals surface area contributed by atoms with Crippen molar-refractivity contribution in [2.75, 3.05) is 13.7 Å². The van der Waals surface area contributed by atoms with Crippen LogP contribution in [0.5, 0.6) is 5.75 Å². The second kappa shape index (κ2) is 20.4. The van der Waals surface area contributed by atoms with Crippen LogP contribution in [0.4, 0.5) is 9.59 Å². The Hall–Kier alpha value is -5.94. The van der Waals surface area contributed by atoms with Gasteiger partial charge in [0.15, 0.2) is 0 Å². The van der Waals surface area contributed by atoms with Crippen LogP contribution in [0.2, 0.25) is 0 Å². The van der Waals surface area contributed by atoms with E-state index in [4.69, 9.17) is 33.7 Å². The number of aromatic nitrogens is 4. The molecule has 7 heterocycles. The number of benzene rings is 2. The van der Waals surface area contributed by atoms with Crippen LogP contribution in [0, 0.1) is 23.7 Å². The number of likely N-dealkylation sites (tertiary alicyclic amines) is 2. The van der Waals surface area contributed by atoms with E-state index in [2.05, 4.69) is 78.6 Å². The molecule has 5 aliphatic heterocycles. The minimum atomic E-state index is -0.759. The first-order valence-corrected chi connectivity index (χ1v) is 26.8. The van der Waals surface area contributed by atoms with Crippen molar-refractivity contribution >= 4 is 24.0 Å². The second-order valence-corrected chi connectivity index (χ2v) is 22.2. The second-order valence-electron chi connectivity index (χ2n) is 22.2. The topological polar surface area (TPSA) is 202 Å². The van der Waals surface area contributed by atoms with Crippen molar-refractivity contribution in [3.8, 4) is 39.4 Å². The summed E-state index contributed by atoms with van der Waals surface area (Å²) >= 11 is 0. The first kappa shape index (κ1) is 50.6. The highest BCUT2D eigenvalue weighted by Crippen LogP contribution is 2.48. The average molecular weight is 1000 g/mol. The van der Waals surface area contributed by atoms with E-state index in [0.717, 1.165) is 82.2 Å². The molecule has 12 atom stereocenters. The van der Waals surface area contributed by atoms with Gasteiger partial charge in [0, 0.05) is 28.9 Å². The number of rotatable bonds is 10. The largest absolute Gasteiger partial charge is 0.488 e. The van der Waals surface area contributed by atoms with E-state index in [-0.39, 0.29) is 90.7 Å². The lowest BCUT2D eigenvalue weighted by atomic mass is 9.85. The fourth-order valence-corrected chi connectivity index (χ4v) is 13.2. The Bertz CT molecular complexity index is 2720. The molecule has 4 aromatic rings. The number of carbonyl (C=O) groups is 4. The standard InChI is InChI=1S/C56H74N8O9/c1-11-70-56(68)62-49(38-20-31(6)73-32(7)21-38)54(66)64-34(9)28(3)17-46(64)52-58-43-15-13-35-23-42-40-14-12-36(22-39(40)26-71-47(42)24-41(35)50(43)60-52)44-25-57-51(59-44)45-16-27(2)33(8)63(45)53(65)48(61-55(67)69-10)37-18-29(4)72-30(5)19-37/h12,14,22-25,27-34,37-38,45-46,48-49H,11,13,15-21,26H2,1-10H3,(H,57,59)(H,58,60)(H,61,67)(H,62,68)/t27-,28+,29-,30-,31-,32-,33-,34+,45+,46+,48+,49+/m1/s1. The number of aromatic amines is 2. The molecule has 392 valence electrons. The lowest BCUT2D eigenvalue weighted by Gasteiger charge is -2.39. The number of carbonyl (C=O) groups excluding carboxylic acids is 4. The van der Waals surface area contributed by atoms with Crippen LogP contribution in [0.1, 0.15) is 141 Å². The lowest BCUT2D eigenvalue weighted by Crippen LogP contribution is -2.55. The first-order chi connectivity index (χ1) is 35.0. The Balaban J connectivity index is 0.886. The molecule has 4 amide bonds. The van der Waals surface area contributed by atoms with Crippen molar-refractivity contribution in [1.82, 2.24) is 40.4 Å². The lowest BCUT2D eigenvalue weighted by molar-refractivity contribution is -0.141. The summed E-state index contributed by atoms with van der Waals surface area (Å²) in [6.07, 6.45) is 6.18. The predicted molar refractivity (Wildman–Crippen MR) is 273 cm³/mol. The molecule has 4 saturated heterocycles. The average Bonchev–Trinajstić information content (AvgIpc) is 4.16. The summed E-state index contributed by atoms with van der Waals surface area (Å²) < 4.78 is 28.9. The molecule has 4 fully saturated rings. The number of aryl methyl sites for hydroxylation is 2. The summed E-state index contributed by atoms with van der Waals surface area (Å²) in [7, 11) is 1.32. The molecule has 1 aliphatic carbocycles. The van der Waals surface area contributed by atoms with Crippen molar-refractivity contribution in [1.29, 1.82) is 0 Å². The van der Waals surface area contributed by atoms with Gasteiger partial charge in [-0.05, 0) is 164 Å². The minimum absolute atomic E-state index is 0.0364. The van der Waals surface area contributed by atoms with Gasteiger partial charge in [-0.1, -0.05) is 26.0 Å². The highest BCUT2D eigenvalue weighted by Gasteiger charge is 2.49. The molecule has 0 unspecified atom stereocenters. The van der Waals surface area contributed by atoms with Gasteiger partial charge in [0.1, 0.15) is 36.1 Å². The number of nitrogens with zero attached hydrogens (tertiary/aromatic N) is 4. The van der Waals surface area contributed by atoms with Gasteiger partial charge in [0.25, 0.3) is 0 Å². The summed E-state index contributed by atoms with van der Waals surface area (Å²) in [6, 6.07) is 8.56. The van der Waals surface area contributed by atoms with Gasteiger partial charge >= 0.3 is 12.2 Å². The third-order valence-electron chi connectivity index (χ3n) is 17.1. The molecule has 0 spiro atoms. The van der Waals surface area contributed by atoms with Crippen molar-refractivity contribution < 1.29 is 42.9 Å². The molecule has 4 N–H and O–H groups in total. The van der Waals surface area contributed by atoms with Gasteiger partial charge in [0.05, 0.1) is 67.8 Å². The summed E-state index contributed by atoms with van der Waals surface area (Å²) in [5, 5.41) is 5.88. The molecule has 6 aliphatic rings. The zero-order valence-corrected chi connectivity index (χ0v) is 44.1. The SMILES string of the molecule is CCOC(=O)N[C@H](C(=O)N1[C@H](c2nc3c([nH]2)CCc2cc4c(cc2-3)OCc2cc(-c3cnc([C@@H]5C[C@@H](C)[C@@H](C)N5C(=O)[C@@H](NC(=O)OC)C5C[C@@H](C)O[C@H](C)C5)[nH]3)ccc2-4)C[C@H](C)[C@@H]1C)C1C[C@@H](C)O[C@H](C)C1. The molecule has 0 radical (unpaired) electrons. The van der Waals surface area contributed by atoms with Crippen molar-refractivity contribution in [3.05, 3.63) is 65.0 Å². The number of hydrogen-bond acceptors (Lipinski definition) is 11. The smallest absolute Gasteiger partial charge is 0.407 e. The van der Waals surface area contributed by atoms with E-state index in [0.29, 0.717) is 38.1 Å². The van der Waals surface area contributed by atoms with E-state index >= 15 is 0 Å². The first-order valence-electron chi connectivity index (χ1n) is 26.8. The maximum absolute atomic E-state index is 14.9. The minimum Gasteiger partial charge on any atom is -0.488 e. The summed E-state index contributed by atoms with van der Waals surface area (Å²) in [6.45, 7) is 18.9. The Kier molecular flexibility index (Phi) is 14.1. The van der Waals surface area contributed by atoms with E-state index in [9.17, 15) is 19.2 Å². The number of fused-ring (bicyclic) bond motifs is 6. The van der Waals surface area contributed by atoms with Gasteiger partial charge in [0.2, 0.25) is 11.8 Å². The summed E-state index contributed by atoms with van der Waals surface area (Å²) in [5.74, 6) is 2.24. The predicted octanol–water partition coefficient (Wildman–Crippen LogP) is 8.97. The molecule has 17 heteroatoms. The number of H-pyrrole nitrogens is 2. The third kappa shape index (κ3) is 9.71. The molecular formula is C56H74N8O9. The van der Waals surface area contributed by atoms with Crippen LogP contribution in [0.25, 0.3) is 33.6 Å². The van der Waals surface area contributed by atoms with E-state index in [1.165, 1.54) is 12.7 Å². The molecule has 0 bridgehead atoms. The van der Waals surface area contributed by atoms with Crippen LogP contribution in [0.3, 0.4) is 0 Å². The fraction of sp³-hybridized carbons (Fsp3) is 0.607. The van der Waals surface area contributed by atoms with Crippen LogP contribution in [-0.4, -0.2) is 116 Å². The zero-order valence-electron chi connectivity index (χ0n) is 44.1. The number of nitrogens with one attached hydrogen (secondary N) is 4. The van der Waals surface area contributed by atoms with E-state index < -0.39 is 24.3 Å². The Morgan fingerprint density at radius 2 is 1.29 bits per heavy atom. The highest BCUT2D eigenvalue weighted by molar-refractivity contribution is 5.88. The van der Waals surface area contributed by atoms with Gasteiger partial charge in [-0.2, -0.15) is 0 Å². The summed E-state index contributed by atoms with van der Waals surface area (Å²) in [5.41, 5.74) is 9.17. The van der Waals surface area contributed by atoms with Gasteiger partial charge < -0.3 is 54.1 Å². The van der Waals surface area contributed by atoms with Gasteiger partial charge in [-0.3, -0.25) is 9.59 Å². The number of hydrogen-bond donors (Lipinski definition) is 4. The quantitative estimate of drug-likeness (QED) is 0.118. The van der Waals surface area contributed by atoms with Crippen LogP contribution >= 0.6 is 0 Å². The molecule has 17 nitrogen and oxygen atoms in total. The molecule has 10 rings (SSSR count). The normalized spacial score (nSPS) is 30.2. The number of ether oxygens (including phenoxy) is 5. The number of imidazole rings is 2. The molecule has 0 saturated carbocycles. The maximum atomic E-state index is 14.9. The number of methoxy groups -OCH3 is 1. The van der Waals surface area contributed by atoms with Crippen molar-refractivity contribution in [2.45, 2.75) is 181 Å². The Labute approximate surface area is 428 Å². The molecule has 2 aromatic carbocycles. The zero-order chi connectivity index (χ0) is 51.6. The number of alkyl carbamates (subject to hydrolysis) is 2. The van der Waals surface area contributed by atoms with Crippen LogP contribution in [-0.2, 0) is 48.0 Å². The molecule has 73 heavy (non-hydrogen) atoms. The highest BCUT2D eigenvalue weighted by atomic mass is 16.5. The molecule has 2 aromatic heterocycles. The Morgan fingerprint density at radius 1 is 0.699 bits per heavy atom. The maximum Gasteiger partial charge on any atom is 0.407 e. The Morgan fingerprint density at radius 3 is 1.88 bits per heavy atom. The molecular weight excluding hydrogens is 929 g/mol. The van der Waals surface area contributed by atoms with Crippen molar-refractivity contribution in [2.24, 2.45) is 23.7 Å². The third-order valence-corrected chi connectivity index (χ3v) is 17.1. The monoisotopic (exact) mass is 1000 g/mol. The van der Waals surface area contributed by atoms with Crippen molar-refractivity contribution in [3.63, 3.8) is 0 Å².